The molecule has 4 heterocycles. The summed E-state index contributed by atoms with van der Waals surface area (Å²) < 4.78 is 56.1. The van der Waals surface area contributed by atoms with Gasteiger partial charge in [0.1, 0.15) is 0 Å². The summed E-state index contributed by atoms with van der Waals surface area (Å²) in [6.45, 7) is 66.2. The second-order valence-corrected chi connectivity index (χ2v) is 66.3. The molecule has 0 radical (unpaired) electrons. The maximum Gasteiger partial charge on any atom is 0.549 e. The summed E-state index contributed by atoms with van der Waals surface area (Å²) >= 11 is -3.40. The van der Waals surface area contributed by atoms with Gasteiger partial charge in [-0.2, -0.15) is 25.1 Å². The Hall–Kier alpha value is -5.37. The summed E-state index contributed by atoms with van der Waals surface area (Å²) in [7, 11) is 46.7. The molecular weight excluding hydrogens is 2400 g/mol. The van der Waals surface area contributed by atoms with Crippen molar-refractivity contribution in [1.82, 2.24) is 0 Å². The average molecular weight is 2550 g/mol. The number of hydrogen-bond donors (Lipinski definition) is 0. The van der Waals surface area contributed by atoms with Crippen LogP contribution in [0.5, 0.6) is 23.0 Å². The Morgan fingerprint density at radius 1 is 0.434 bits per heavy atom. The maximum atomic E-state index is 8.40. The number of nitrogens with zero attached hydrogens (tertiary/aromatic N) is 6. The van der Waals surface area contributed by atoms with Gasteiger partial charge in [0, 0.05) is 72.0 Å². The van der Waals surface area contributed by atoms with Crippen LogP contribution in [-0.2, 0) is 84.7 Å². The predicted octanol–water partition coefficient (Wildman–Crippen LogP) is 33.8. The van der Waals surface area contributed by atoms with Crippen molar-refractivity contribution in [2.75, 3.05) is 50.2 Å². The normalized spacial score (nSPS) is 14.7. The van der Waals surface area contributed by atoms with Crippen LogP contribution in [0.1, 0.15) is 221 Å². The molecule has 0 saturated carbocycles. The molecule has 4 aliphatic rings. The Bertz CT molecular complexity index is 5620. The first kappa shape index (κ1) is 128. The molecule has 0 bridgehead atoms. The van der Waals surface area contributed by atoms with Crippen LogP contribution in [0.2, 0.25) is 12.6 Å². The molecule has 10 aromatic rings. The molecule has 2 N–H and O–H groups in total. The maximum absolute atomic E-state index is 8.40. The first-order valence-corrected chi connectivity index (χ1v) is 75.3. The third-order valence-corrected chi connectivity index (χ3v) is 36.6. The fourth-order valence-corrected chi connectivity index (χ4v) is 27.2. The van der Waals surface area contributed by atoms with Crippen molar-refractivity contribution in [1.29, 1.82) is 0 Å². The molecule has 0 amide bonds. The van der Waals surface area contributed by atoms with Crippen molar-refractivity contribution in [2.45, 2.75) is 267 Å². The van der Waals surface area contributed by atoms with Gasteiger partial charge in [0.25, 0.3) is 0 Å². The minimum Gasteiger partial charge on any atom is -0.501 e. The zero-order valence-electron chi connectivity index (χ0n) is 89.7. The van der Waals surface area contributed by atoms with Crippen LogP contribution in [0, 0.1) is 87.4 Å². The van der Waals surface area contributed by atoms with Crippen molar-refractivity contribution in [2.24, 2.45) is 0 Å². The van der Waals surface area contributed by atoms with Gasteiger partial charge in [0.05, 0.1) is 0 Å². The molecule has 14 nitrogen and oxygen atoms in total. The van der Waals surface area contributed by atoms with E-state index in [2.05, 4.69) is 317 Å². The zero-order valence-corrected chi connectivity index (χ0v) is 106. The molecule has 1 unspecified atom stereocenters. The van der Waals surface area contributed by atoms with Crippen molar-refractivity contribution >= 4 is 171 Å². The number of thioether (sulfide) groups is 2. The Labute approximate surface area is 934 Å². The molecule has 2 fully saturated rings. The van der Waals surface area contributed by atoms with Crippen molar-refractivity contribution < 1.29 is 90.8 Å². The molecule has 14 rings (SSSR count). The minimum absolute atomic E-state index is 0.00973. The Kier molecular flexibility index (Phi) is 56.6. The molecule has 4 aliphatic heterocycles. The monoisotopic (exact) mass is 2550 g/mol. The van der Waals surface area contributed by atoms with Gasteiger partial charge in [-0.05, 0) is 246 Å². The van der Waals surface area contributed by atoms with E-state index in [0.29, 0.717) is 6.04 Å². The summed E-state index contributed by atoms with van der Waals surface area (Å²) in [5.74, 6) is 8.09. The largest absolute Gasteiger partial charge is 0.549 e. The van der Waals surface area contributed by atoms with E-state index in [1.165, 1.54) is 117 Å². The van der Waals surface area contributed by atoms with Crippen LogP contribution >= 0.6 is 101 Å². The smallest absolute Gasteiger partial charge is 0.501 e. The molecule has 145 heavy (non-hydrogen) atoms. The van der Waals surface area contributed by atoms with E-state index in [1.54, 1.807) is 14.2 Å². The van der Waals surface area contributed by atoms with E-state index in [0.717, 1.165) is 83.5 Å². The van der Waals surface area contributed by atoms with Crippen LogP contribution in [0.15, 0.2) is 234 Å². The van der Waals surface area contributed by atoms with Crippen molar-refractivity contribution in [3.63, 3.8) is 0 Å². The van der Waals surface area contributed by atoms with Gasteiger partial charge >= 0.3 is 409 Å². The second-order valence-electron chi connectivity index (χ2n) is 37.5. The molecule has 0 aliphatic carbocycles. The molecule has 800 valence electrons. The summed E-state index contributed by atoms with van der Waals surface area (Å²) in [6, 6.07) is 74.4. The van der Waals surface area contributed by atoms with Gasteiger partial charge in [-0.15, -0.1) is 0 Å². The number of ether oxygens (including phenoxy) is 4. The number of aliphatic hydroxyl groups is 2. The third-order valence-electron chi connectivity index (χ3n) is 24.4. The summed E-state index contributed by atoms with van der Waals surface area (Å²) in [5, 5.41) is 0. The molecule has 10 aromatic carbocycles. The molecule has 30 heteroatoms. The quantitative estimate of drug-likeness (QED) is 0.0291. The van der Waals surface area contributed by atoms with Crippen LogP contribution in [0.4, 0.5) is 34.1 Å². The predicted molar refractivity (Wildman–Crippen MR) is 626 cm³/mol. The van der Waals surface area contributed by atoms with Crippen LogP contribution in [0.25, 0.3) is 0 Å². The minimum atomic E-state index is -2.05. The van der Waals surface area contributed by atoms with E-state index >= 15 is 0 Å². The van der Waals surface area contributed by atoms with E-state index in [4.69, 9.17) is 105 Å². The Morgan fingerprint density at radius 3 is 1.08 bits per heavy atom. The number of aromatic hydroxyl groups is 2. The number of benzene rings is 10. The van der Waals surface area contributed by atoms with Crippen molar-refractivity contribution in [3.8, 4) is 23.0 Å². The Morgan fingerprint density at radius 2 is 0.752 bits per heavy atom. The van der Waals surface area contributed by atoms with Gasteiger partial charge in [0.2, 0.25) is 0 Å². The number of para-hydroxylation sites is 7. The van der Waals surface area contributed by atoms with Gasteiger partial charge < -0.3 is 38.3 Å². The third kappa shape index (κ3) is 40.5. The standard InChI is InChI=1S/C27H41N2O2Si.C19H23N2.C15H20NS.C14H18NS.4C10H12O.8ClH.O2Si.4Ru/c1-19-13-21(3)26(22(4)14-19)28-17-25(11-10-12-32(9,30-7)31-8)29(18-28)27-23(5)15-20(2)16-24(27)6;1-18(2)19(3,4)21(17-13-9-6-10-14-17)15-20(18)16-11-7-5-8-12-16;1-5-13-8-7-9-14(6-2)15(13)16-10-17-12(4)11(16)3;1-9-6-10(2)14(11(3)7-9)15-8-16-13(5)12(15)4;4*1-8(2)11-10-7-5-4-6-9(10)3;;;;;;;;;1-3-2;;;;/h13-16,18,25H,10-12,17H2,1-9H3;5-15H,1-4H3;7-10H,5-6H2,1-4H3;6-8H,1-5H3;4*3-8H,1-2H3;8*1H;;;;;/q4*-1;;;;;;;;;;;;;;4*+2/p-6. The van der Waals surface area contributed by atoms with Crippen molar-refractivity contribution in [3.05, 3.63) is 342 Å². The summed E-state index contributed by atoms with van der Waals surface area (Å²) in [6.07, 6.45) is 5.29. The fourth-order valence-electron chi connectivity index (χ4n) is 16.9. The summed E-state index contributed by atoms with van der Waals surface area (Å²) in [4.78, 5) is 17.2. The Balaban J connectivity index is 0.000000257. The van der Waals surface area contributed by atoms with Gasteiger partial charge in [0.15, 0.2) is 0 Å². The first-order chi connectivity index (χ1) is 68.5. The first-order valence-electron chi connectivity index (χ1n) is 48.3. The number of aryl methyl sites for hydroxylation is 11. The second kappa shape index (κ2) is 64.0. The topological polar surface area (TPSA) is 116 Å². The number of rotatable bonds is 26. The van der Waals surface area contributed by atoms with Gasteiger partial charge in [-0.3, -0.25) is 32.4 Å². The van der Waals surface area contributed by atoms with Crippen LogP contribution in [0.3, 0.4) is 0 Å². The molecule has 1 atom stereocenters. The number of allylic oxidation sites excluding steroid dienone is 4. The average Bonchev–Trinajstić information content (AvgIpc) is 1.57. The summed E-state index contributed by atoms with van der Waals surface area (Å²) in [5.41, 5.74) is 29.6. The van der Waals surface area contributed by atoms with E-state index in [-0.39, 0.29) is 35.5 Å². The molecule has 0 spiro atoms. The number of halogens is 8. The van der Waals surface area contributed by atoms with E-state index in [9.17, 15) is 0 Å². The molecule has 2 saturated heterocycles. The van der Waals surface area contributed by atoms with Gasteiger partial charge in [-0.1, -0.05) is 122 Å². The van der Waals surface area contributed by atoms with E-state index in [1.807, 2.05) is 194 Å². The number of anilines is 6. The van der Waals surface area contributed by atoms with Gasteiger partial charge in [-0.25, -0.2) is 0 Å². The SMILES string of the molecule is CC(C)Oc1ccccc1[CH]=[Ru]([Cl])[Cl].CC(C)Oc1ccccc1[CH]=[Ru]([Cl])[Cl].CC(C)[OH+]c1ccccc1[CH]=[Ru]([Cl])[Cl].CC(C)[OH+]c1ccccc1[CH]=[Ru]([Cl])[Cl].CC1(C)N(c2ccccc2)[CH-]N(c2ccccc2)C1(C)C.CC1=C(C)N(c2c(C)cc(C)cc2C)[CH-]S1.CCc1cccc(CC)c1N1[CH-]SC(C)=C1C.CO[Si](C)(CCCC1CN(c2c(C)cc(C)cc2C)[CH-]N1c1c(C)cc(C)cc1C)OC.O=[Si]=O. The molecular formula is C115H152Cl8N6O8Ru4S2Si2-2. The van der Waals surface area contributed by atoms with Crippen LogP contribution < -0.4 is 38.9 Å². The molecule has 0 aromatic heterocycles. The number of hydrogen-bond acceptors (Lipinski definition) is 14. The fraction of sp³-hybridized carbons (Fsp3) is 0.374. The zero-order chi connectivity index (χ0) is 108. The van der Waals surface area contributed by atoms with E-state index < -0.39 is 71.9 Å². The van der Waals surface area contributed by atoms with Crippen LogP contribution in [-0.4, -0.2) is 108 Å².